The number of alkyl carbamates (subject to hydrolysis) is 1. The molecule has 0 aromatic carbocycles. The lowest BCUT2D eigenvalue weighted by atomic mass is 9.79. The topological polar surface area (TPSA) is 97.6 Å². The molecule has 3 fully saturated rings. The van der Waals surface area contributed by atoms with Crippen molar-refractivity contribution in [2.45, 2.75) is 108 Å². The lowest BCUT2D eigenvalue weighted by Gasteiger charge is -2.34. The van der Waals surface area contributed by atoms with Gasteiger partial charge in [-0.25, -0.2) is 32.3 Å². The van der Waals surface area contributed by atoms with Gasteiger partial charge in [-0.3, -0.25) is 9.20 Å². The molecule has 0 unspecified atom stereocenters. The number of fused-ring (bicyclic) bond motifs is 1. The van der Waals surface area contributed by atoms with Crippen molar-refractivity contribution in [2.75, 3.05) is 0 Å². The van der Waals surface area contributed by atoms with Crippen molar-refractivity contribution in [1.29, 1.82) is 0 Å². The Morgan fingerprint density at radius 3 is 2.17 bits per heavy atom. The van der Waals surface area contributed by atoms with Crippen LogP contribution in [-0.2, 0) is 9.53 Å². The number of rotatable bonds is 8. The molecular weight excluding hydrogens is 530 g/mol. The van der Waals surface area contributed by atoms with Crippen molar-refractivity contribution in [3.05, 3.63) is 29.8 Å². The van der Waals surface area contributed by atoms with Gasteiger partial charge in [0.15, 0.2) is 0 Å². The van der Waals surface area contributed by atoms with E-state index < -0.39 is 29.6 Å². The normalized spacial score (nSPS) is 22.8. The van der Waals surface area contributed by atoms with Crippen LogP contribution in [0.2, 0.25) is 0 Å². The maximum atomic E-state index is 13.9. The molecule has 0 bridgehead atoms. The van der Waals surface area contributed by atoms with Crippen LogP contribution in [0.15, 0.2) is 18.5 Å². The number of alkyl halides is 4. The minimum absolute atomic E-state index is 0.0625. The Morgan fingerprint density at radius 2 is 1.57 bits per heavy atom. The smallest absolute Gasteiger partial charge is 0.408 e. The van der Waals surface area contributed by atoms with Crippen LogP contribution in [0, 0.1) is 17.8 Å². The van der Waals surface area contributed by atoms with E-state index in [4.69, 9.17) is 4.74 Å². The molecule has 0 radical (unpaired) electrons. The molecule has 2 heterocycles. The number of ether oxygens (including phenoxy) is 1. The monoisotopic (exact) mass is 567 g/mol. The Balaban J connectivity index is 1.34. The minimum Gasteiger partial charge on any atom is -0.444 e. The maximum Gasteiger partial charge on any atom is 0.408 e. The predicted octanol–water partition coefficient (Wildman–Crippen LogP) is 6.12. The van der Waals surface area contributed by atoms with Gasteiger partial charge in [0, 0.05) is 44.5 Å². The van der Waals surface area contributed by atoms with Gasteiger partial charge < -0.3 is 15.4 Å². The third kappa shape index (κ3) is 7.04. The molecule has 40 heavy (non-hydrogen) atoms. The molecule has 8 nitrogen and oxygen atoms in total. The average molecular weight is 568 g/mol. The highest BCUT2D eigenvalue weighted by Crippen LogP contribution is 2.45. The molecule has 2 N–H and O–H groups in total. The van der Waals surface area contributed by atoms with Crippen LogP contribution in [0.1, 0.15) is 102 Å². The predicted molar refractivity (Wildman–Crippen MR) is 138 cm³/mol. The molecule has 220 valence electrons. The van der Waals surface area contributed by atoms with Gasteiger partial charge in [-0.1, -0.05) is 0 Å². The van der Waals surface area contributed by atoms with Crippen LogP contribution in [0.25, 0.3) is 5.78 Å². The number of hydrogen-bond donors (Lipinski definition) is 2. The van der Waals surface area contributed by atoms with E-state index in [-0.39, 0.29) is 74.6 Å². The second-order valence-corrected chi connectivity index (χ2v) is 12.8. The van der Waals surface area contributed by atoms with E-state index in [1.165, 1.54) is 0 Å². The van der Waals surface area contributed by atoms with Crippen LogP contribution in [0.4, 0.5) is 22.4 Å². The summed E-state index contributed by atoms with van der Waals surface area (Å²) in [5.74, 6) is -5.66. The van der Waals surface area contributed by atoms with E-state index in [1.54, 1.807) is 43.6 Å². The van der Waals surface area contributed by atoms with Gasteiger partial charge in [0.1, 0.15) is 5.60 Å². The van der Waals surface area contributed by atoms with E-state index >= 15 is 0 Å². The summed E-state index contributed by atoms with van der Waals surface area (Å²) in [5, 5.41) is 5.85. The van der Waals surface area contributed by atoms with Gasteiger partial charge in [0.2, 0.25) is 23.5 Å². The van der Waals surface area contributed by atoms with E-state index in [1.807, 2.05) is 0 Å². The number of imidazole rings is 1. The number of halogens is 4. The Kier molecular flexibility index (Phi) is 7.50. The lowest BCUT2D eigenvalue weighted by molar-refractivity contribution is -0.134. The first-order chi connectivity index (χ1) is 18.7. The third-order valence-electron chi connectivity index (χ3n) is 7.97. The van der Waals surface area contributed by atoms with E-state index in [9.17, 15) is 27.2 Å². The van der Waals surface area contributed by atoms with Gasteiger partial charge in [-0.15, -0.1) is 0 Å². The largest absolute Gasteiger partial charge is 0.444 e. The number of nitrogens with one attached hydrogen (secondary N) is 2. The van der Waals surface area contributed by atoms with Crippen molar-refractivity contribution >= 4 is 17.8 Å². The average Bonchev–Trinajstić information content (AvgIpc) is 3.57. The van der Waals surface area contributed by atoms with Crippen LogP contribution >= 0.6 is 0 Å². The molecular formula is C28H37F4N5O3. The SMILES string of the molecule is CC(C)(C)OC(=O)N[C@H](c1cn2ccc([C@@H](NC(=O)CC3CC(F)(F)C3)C3CC3)nc2n1)C1CCC(F)(F)CC1. The molecule has 12 heteroatoms. The Morgan fingerprint density at radius 1 is 0.975 bits per heavy atom. The number of amides is 2. The molecule has 3 aliphatic rings. The van der Waals surface area contributed by atoms with Gasteiger partial charge in [0.05, 0.1) is 23.5 Å². The fourth-order valence-corrected chi connectivity index (χ4v) is 5.78. The molecule has 2 aromatic rings. The maximum absolute atomic E-state index is 13.9. The van der Waals surface area contributed by atoms with E-state index in [2.05, 4.69) is 20.6 Å². The Hall–Kier alpha value is -2.92. The highest BCUT2D eigenvalue weighted by Gasteiger charge is 2.46. The summed E-state index contributed by atoms with van der Waals surface area (Å²) in [5.41, 5.74) is 0.378. The van der Waals surface area contributed by atoms with Crippen LogP contribution in [0.5, 0.6) is 0 Å². The zero-order valence-corrected chi connectivity index (χ0v) is 23.1. The van der Waals surface area contributed by atoms with Crippen molar-refractivity contribution in [1.82, 2.24) is 25.0 Å². The van der Waals surface area contributed by atoms with Crippen LogP contribution < -0.4 is 10.6 Å². The summed E-state index contributed by atoms with van der Waals surface area (Å²) < 4.78 is 61.3. The quantitative estimate of drug-likeness (QED) is 0.375. The van der Waals surface area contributed by atoms with Crippen molar-refractivity contribution in [3.8, 4) is 0 Å². The van der Waals surface area contributed by atoms with Crippen LogP contribution in [-0.4, -0.2) is 43.8 Å². The molecule has 2 amide bonds. The first-order valence-electron chi connectivity index (χ1n) is 14.1. The lowest BCUT2D eigenvalue weighted by Crippen LogP contribution is -2.40. The second-order valence-electron chi connectivity index (χ2n) is 12.8. The molecule has 2 atom stereocenters. The first kappa shape index (κ1) is 28.6. The molecule has 5 rings (SSSR count). The molecule has 0 spiro atoms. The second kappa shape index (κ2) is 10.5. The minimum atomic E-state index is -2.72. The summed E-state index contributed by atoms with van der Waals surface area (Å²) in [6.07, 6.45) is 4.16. The van der Waals surface area contributed by atoms with E-state index in [0.29, 0.717) is 17.2 Å². The molecule has 3 aliphatic carbocycles. The summed E-state index contributed by atoms with van der Waals surface area (Å²) in [6, 6.07) is 0.793. The summed E-state index contributed by atoms with van der Waals surface area (Å²) in [6.45, 7) is 5.24. The zero-order valence-electron chi connectivity index (χ0n) is 23.1. The fraction of sp³-hybridized carbons (Fsp3) is 0.714. The highest BCUT2D eigenvalue weighted by molar-refractivity contribution is 5.77. The van der Waals surface area contributed by atoms with Crippen molar-refractivity contribution < 1.29 is 31.9 Å². The number of nitrogens with zero attached hydrogens (tertiary/aromatic N) is 3. The van der Waals surface area contributed by atoms with Gasteiger partial charge in [-0.2, -0.15) is 0 Å². The first-order valence-corrected chi connectivity index (χ1v) is 14.1. The highest BCUT2D eigenvalue weighted by atomic mass is 19.3. The van der Waals surface area contributed by atoms with Gasteiger partial charge >= 0.3 is 6.09 Å². The van der Waals surface area contributed by atoms with Gasteiger partial charge in [-0.05, 0) is 70.3 Å². The third-order valence-corrected chi connectivity index (χ3v) is 7.97. The number of aromatic nitrogens is 3. The number of hydrogen-bond acceptors (Lipinski definition) is 5. The van der Waals surface area contributed by atoms with Gasteiger partial charge in [0.25, 0.3) is 0 Å². The van der Waals surface area contributed by atoms with Crippen molar-refractivity contribution in [3.63, 3.8) is 0 Å². The molecule has 0 aliphatic heterocycles. The van der Waals surface area contributed by atoms with Crippen LogP contribution in [0.3, 0.4) is 0 Å². The molecule has 2 aromatic heterocycles. The number of carbonyl (C=O) groups is 2. The number of carbonyl (C=O) groups excluding carboxylic acids is 2. The zero-order chi connectivity index (χ0) is 28.9. The fourth-order valence-electron chi connectivity index (χ4n) is 5.78. The summed E-state index contributed by atoms with van der Waals surface area (Å²) >= 11 is 0. The molecule has 3 saturated carbocycles. The van der Waals surface area contributed by atoms with E-state index in [0.717, 1.165) is 12.8 Å². The molecule has 0 saturated heterocycles. The standard InChI is InChI=1S/C28H37F4N5O3/c1-26(2,3)40-25(39)36-23(18-6-9-27(29,30)10-7-18)20-15-37-11-8-19(33-24(37)34-20)22(17-4-5-17)35-21(38)12-16-13-28(31,32)14-16/h8,11,15-18,22-23H,4-7,9-10,12-14H2,1-3H3,(H,35,38)(H,36,39)/t22-,23-/m0/s1. The van der Waals surface area contributed by atoms with Crippen molar-refractivity contribution in [2.24, 2.45) is 17.8 Å². The summed E-state index contributed by atoms with van der Waals surface area (Å²) in [7, 11) is 0. The summed E-state index contributed by atoms with van der Waals surface area (Å²) in [4.78, 5) is 34.7. The Labute approximate surface area is 230 Å². The Bertz CT molecular complexity index is 1240.